The van der Waals surface area contributed by atoms with E-state index >= 15 is 0 Å². The number of thiazole rings is 1. The van der Waals surface area contributed by atoms with Gasteiger partial charge in [-0.2, -0.15) is 0 Å². The molecule has 0 spiro atoms. The molecule has 1 aromatic heterocycles. The summed E-state index contributed by atoms with van der Waals surface area (Å²) in [5.74, 6) is 0. The van der Waals surface area contributed by atoms with Crippen molar-refractivity contribution in [1.82, 2.24) is 9.88 Å². The SMILES string of the molecule is CN(CCNc1nc2ccc(Cl)cc2s1)C1CCCC1. The smallest absolute Gasteiger partial charge is 0.183 e. The van der Waals surface area contributed by atoms with Crippen molar-refractivity contribution in [3.63, 3.8) is 0 Å². The average molecular weight is 310 g/mol. The van der Waals surface area contributed by atoms with Gasteiger partial charge in [-0.1, -0.05) is 35.8 Å². The van der Waals surface area contributed by atoms with Crippen LogP contribution in [0.1, 0.15) is 25.7 Å². The average Bonchev–Trinajstić information content (AvgIpc) is 3.06. The highest BCUT2D eigenvalue weighted by Crippen LogP contribution is 2.28. The second-order valence-electron chi connectivity index (χ2n) is 5.48. The van der Waals surface area contributed by atoms with Gasteiger partial charge in [0.05, 0.1) is 10.2 Å². The Kier molecular flexibility index (Phi) is 4.44. The molecule has 2 aromatic rings. The first-order valence-electron chi connectivity index (χ1n) is 7.22. The molecule has 0 saturated heterocycles. The highest BCUT2D eigenvalue weighted by Gasteiger charge is 2.18. The molecule has 1 N–H and O–H groups in total. The van der Waals surface area contributed by atoms with Gasteiger partial charge in [-0.3, -0.25) is 0 Å². The summed E-state index contributed by atoms with van der Waals surface area (Å²) in [7, 11) is 2.23. The van der Waals surface area contributed by atoms with Crippen LogP contribution in [0.25, 0.3) is 10.2 Å². The van der Waals surface area contributed by atoms with Gasteiger partial charge in [-0.05, 0) is 38.1 Å². The van der Waals surface area contributed by atoms with Crippen LogP contribution in [-0.4, -0.2) is 36.1 Å². The van der Waals surface area contributed by atoms with Crippen molar-refractivity contribution in [1.29, 1.82) is 0 Å². The molecule has 1 saturated carbocycles. The maximum atomic E-state index is 6.00. The lowest BCUT2D eigenvalue weighted by molar-refractivity contribution is 0.254. The van der Waals surface area contributed by atoms with E-state index in [0.717, 1.165) is 39.5 Å². The van der Waals surface area contributed by atoms with Crippen molar-refractivity contribution < 1.29 is 0 Å². The molecule has 0 atom stereocenters. The van der Waals surface area contributed by atoms with Crippen molar-refractivity contribution in [2.75, 3.05) is 25.5 Å². The molecule has 0 radical (unpaired) electrons. The highest BCUT2D eigenvalue weighted by molar-refractivity contribution is 7.22. The fourth-order valence-corrected chi connectivity index (χ4v) is 4.01. The van der Waals surface area contributed by atoms with Crippen molar-refractivity contribution in [2.45, 2.75) is 31.7 Å². The van der Waals surface area contributed by atoms with Gasteiger partial charge >= 0.3 is 0 Å². The zero-order valence-electron chi connectivity index (χ0n) is 11.7. The van der Waals surface area contributed by atoms with Crippen molar-refractivity contribution in [2.24, 2.45) is 0 Å². The standard InChI is InChI=1S/C15H20ClN3S/c1-19(12-4-2-3-5-12)9-8-17-15-18-13-7-6-11(16)10-14(13)20-15/h6-7,10,12H,2-5,8-9H2,1H3,(H,17,18). The first-order valence-corrected chi connectivity index (χ1v) is 8.42. The molecule has 0 amide bonds. The summed E-state index contributed by atoms with van der Waals surface area (Å²) < 4.78 is 1.14. The molecule has 0 unspecified atom stereocenters. The molecule has 0 bridgehead atoms. The Morgan fingerprint density at radius 1 is 1.40 bits per heavy atom. The van der Waals surface area contributed by atoms with Gasteiger partial charge in [-0.15, -0.1) is 0 Å². The molecule has 1 fully saturated rings. The number of aromatic nitrogens is 1. The number of anilines is 1. The van der Waals surface area contributed by atoms with Crippen LogP contribution in [0.3, 0.4) is 0 Å². The lowest BCUT2D eigenvalue weighted by Gasteiger charge is -2.23. The molecule has 0 aliphatic heterocycles. The largest absolute Gasteiger partial charge is 0.360 e. The third kappa shape index (κ3) is 3.25. The number of nitrogens with zero attached hydrogens (tertiary/aromatic N) is 2. The summed E-state index contributed by atoms with van der Waals surface area (Å²) in [5, 5.41) is 5.19. The molecule has 3 nitrogen and oxygen atoms in total. The predicted molar refractivity (Wildman–Crippen MR) is 88.0 cm³/mol. The molecule has 1 aromatic carbocycles. The Balaban J connectivity index is 1.54. The molecule has 3 rings (SSSR count). The summed E-state index contributed by atoms with van der Waals surface area (Å²) >= 11 is 7.67. The zero-order chi connectivity index (χ0) is 13.9. The van der Waals surface area contributed by atoms with E-state index in [1.807, 2.05) is 18.2 Å². The fraction of sp³-hybridized carbons (Fsp3) is 0.533. The second kappa shape index (κ2) is 6.29. The van der Waals surface area contributed by atoms with Crippen LogP contribution in [0.2, 0.25) is 5.02 Å². The van der Waals surface area contributed by atoms with E-state index in [1.54, 1.807) is 11.3 Å². The van der Waals surface area contributed by atoms with E-state index in [2.05, 4.69) is 22.2 Å². The molecule has 1 heterocycles. The Morgan fingerprint density at radius 2 is 2.20 bits per heavy atom. The predicted octanol–water partition coefficient (Wildman–Crippen LogP) is 4.24. The third-order valence-corrected chi connectivity index (χ3v) is 5.25. The number of rotatable bonds is 5. The van der Waals surface area contributed by atoms with Crippen molar-refractivity contribution in [3.05, 3.63) is 23.2 Å². The van der Waals surface area contributed by atoms with E-state index < -0.39 is 0 Å². The van der Waals surface area contributed by atoms with Crippen LogP contribution in [-0.2, 0) is 0 Å². The lowest BCUT2D eigenvalue weighted by atomic mass is 10.2. The summed E-state index contributed by atoms with van der Waals surface area (Å²) in [5.41, 5.74) is 1.02. The maximum Gasteiger partial charge on any atom is 0.183 e. The number of hydrogen-bond donors (Lipinski definition) is 1. The van der Waals surface area contributed by atoms with E-state index in [9.17, 15) is 0 Å². The van der Waals surface area contributed by atoms with E-state index in [-0.39, 0.29) is 0 Å². The van der Waals surface area contributed by atoms with Gasteiger partial charge in [0.1, 0.15) is 0 Å². The van der Waals surface area contributed by atoms with Gasteiger partial charge < -0.3 is 10.2 Å². The first kappa shape index (κ1) is 14.1. The number of halogens is 1. The van der Waals surface area contributed by atoms with Crippen LogP contribution in [0.4, 0.5) is 5.13 Å². The van der Waals surface area contributed by atoms with Gasteiger partial charge in [0.15, 0.2) is 5.13 Å². The maximum absolute atomic E-state index is 6.00. The monoisotopic (exact) mass is 309 g/mol. The molecule has 108 valence electrons. The van der Waals surface area contributed by atoms with E-state index in [1.165, 1.54) is 25.7 Å². The lowest BCUT2D eigenvalue weighted by Crippen LogP contribution is -2.33. The van der Waals surface area contributed by atoms with E-state index in [0.29, 0.717) is 0 Å². The van der Waals surface area contributed by atoms with Crippen LogP contribution in [0.15, 0.2) is 18.2 Å². The molecular weight excluding hydrogens is 290 g/mol. The molecular formula is C15H20ClN3S. The van der Waals surface area contributed by atoms with Crippen molar-refractivity contribution in [3.8, 4) is 0 Å². The second-order valence-corrected chi connectivity index (χ2v) is 6.94. The summed E-state index contributed by atoms with van der Waals surface area (Å²) in [4.78, 5) is 7.05. The van der Waals surface area contributed by atoms with E-state index in [4.69, 9.17) is 11.6 Å². The molecule has 1 aliphatic rings. The van der Waals surface area contributed by atoms with Crippen LogP contribution < -0.4 is 5.32 Å². The topological polar surface area (TPSA) is 28.2 Å². The Labute approximate surface area is 128 Å². The Bertz CT molecular complexity index is 578. The number of benzene rings is 1. The zero-order valence-corrected chi connectivity index (χ0v) is 13.3. The van der Waals surface area contributed by atoms with Crippen molar-refractivity contribution >= 4 is 38.3 Å². The van der Waals surface area contributed by atoms with Gasteiger partial charge in [0, 0.05) is 24.2 Å². The van der Waals surface area contributed by atoms with Crippen LogP contribution in [0, 0.1) is 0 Å². The fourth-order valence-electron chi connectivity index (χ4n) is 2.84. The van der Waals surface area contributed by atoms with Gasteiger partial charge in [-0.25, -0.2) is 4.98 Å². The molecule has 1 aliphatic carbocycles. The van der Waals surface area contributed by atoms with Crippen LogP contribution in [0.5, 0.6) is 0 Å². The summed E-state index contributed by atoms with van der Waals surface area (Å²) in [6.07, 6.45) is 5.49. The first-order chi connectivity index (χ1) is 9.72. The third-order valence-electron chi connectivity index (χ3n) is 4.04. The summed E-state index contributed by atoms with van der Waals surface area (Å²) in [6.45, 7) is 2.02. The normalized spacial score (nSPS) is 16.4. The molecule has 20 heavy (non-hydrogen) atoms. The van der Waals surface area contributed by atoms with Gasteiger partial charge in [0.25, 0.3) is 0 Å². The summed E-state index contributed by atoms with van der Waals surface area (Å²) in [6, 6.07) is 6.63. The number of likely N-dealkylation sites (N-methyl/N-ethyl adjacent to an activating group) is 1. The van der Waals surface area contributed by atoms with Crippen LogP contribution >= 0.6 is 22.9 Å². The minimum atomic E-state index is 0.772. The quantitative estimate of drug-likeness (QED) is 0.895. The minimum Gasteiger partial charge on any atom is -0.360 e. The number of nitrogens with one attached hydrogen (secondary N) is 1. The highest BCUT2D eigenvalue weighted by atomic mass is 35.5. The molecule has 5 heteroatoms. The van der Waals surface area contributed by atoms with Gasteiger partial charge in [0.2, 0.25) is 0 Å². The Morgan fingerprint density at radius 3 is 3.00 bits per heavy atom. The number of hydrogen-bond acceptors (Lipinski definition) is 4. The number of fused-ring (bicyclic) bond motifs is 1. The minimum absolute atomic E-state index is 0.772. The Hall–Kier alpha value is -0.840.